The molecular formula is C14H12Cl2O3. The number of benzene rings is 2. The molecule has 2 aromatic carbocycles. The minimum absolute atomic E-state index is 0.306. The van der Waals surface area contributed by atoms with Crippen LogP contribution in [0.5, 0.6) is 0 Å². The fourth-order valence-electron chi connectivity index (χ4n) is 1.94. The normalized spacial score (nSPS) is 12.4. The quantitative estimate of drug-likeness (QED) is 0.884. The Morgan fingerprint density at radius 2 is 1.84 bits per heavy atom. The van der Waals surface area contributed by atoms with E-state index in [1.54, 1.807) is 24.3 Å². The molecular weight excluding hydrogens is 287 g/mol. The Kier molecular flexibility index (Phi) is 4.30. The summed E-state index contributed by atoms with van der Waals surface area (Å²) in [5.74, 6) is -1.16. The maximum Gasteiger partial charge on any atom is 0.315 e. The zero-order valence-corrected chi connectivity index (χ0v) is 11.7. The van der Waals surface area contributed by atoms with Gasteiger partial charge in [-0.15, -0.1) is 0 Å². The van der Waals surface area contributed by atoms with Crippen LogP contribution in [-0.2, 0) is 9.53 Å². The molecule has 0 saturated heterocycles. The predicted octanol–water partition coefficient (Wildman–Crippen LogP) is 3.40. The molecule has 100 valence electrons. The van der Waals surface area contributed by atoms with Gasteiger partial charge in [-0.05, 0) is 28.5 Å². The molecule has 0 aliphatic carbocycles. The Balaban J connectivity index is 2.51. The van der Waals surface area contributed by atoms with Crippen molar-refractivity contribution in [3.63, 3.8) is 0 Å². The molecule has 0 fully saturated rings. The monoisotopic (exact) mass is 298 g/mol. The number of carbonyl (C=O) groups excluding carboxylic acids is 1. The molecule has 1 N–H and O–H groups in total. The van der Waals surface area contributed by atoms with E-state index in [1.807, 2.05) is 6.07 Å². The van der Waals surface area contributed by atoms with Gasteiger partial charge in [0, 0.05) is 0 Å². The Morgan fingerprint density at radius 3 is 2.42 bits per heavy atom. The van der Waals surface area contributed by atoms with Crippen LogP contribution in [0.3, 0.4) is 0 Å². The van der Waals surface area contributed by atoms with Crippen molar-refractivity contribution in [2.45, 2.75) is 5.92 Å². The highest BCUT2D eigenvalue weighted by Crippen LogP contribution is 2.30. The first-order chi connectivity index (χ1) is 9.06. The molecule has 0 heterocycles. The topological polar surface area (TPSA) is 46.5 Å². The third kappa shape index (κ3) is 2.84. The van der Waals surface area contributed by atoms with Crippen molar-refractivity contribution in [2.75, 3.05) is 13.7 Å². The van der Waals surface area contributed by atoms with E-state index in [0.717, 1.165) is 10.8 Å². The van der Waals surface area contributed by atoms with Gasteiger partial charge in [-0.1, -0.05) is 41.4 Å². The second-order valence-corrected chi connectivity index (χ2v) is 4.95. The average Bonchev–Trinajstić information content (AvgIpc) is 2.41. The van der Waals surface area contributed by atoms with Gasteiger partial charge in [-0.25, -0.2) is 0 Å². The second kappa shape index (κ2) is 5.78. The lowest BCUT2D eigenvalue weighted by Crippen LogP contribution is -2.17. The van der Waals surface area contributed by atoms with Gasteiger partial charge in [-0.3, -0.25) is 4.79 Å². The molecule has 0 aromatic heterocycles. The molecule has 2 aromatic rings. The molecule has 0 bridgehead atoms. The maximum atomic E-state index is 11.6. The molecule has 1 atom stereocenters. The fourth-order valence-corrected chi connectivity index (χ4v) is 2.28. The van der Waals surface area contributed by atoms with Crippen molar-refractivity contribution >= 4 is 39.9 Å². The maximum absolute atomic E-state index is 11.6. The highest BCUT2D eigenvalue weighted by Gasteiger charge is 2.20. The SMILES string of the molecule is COC(=O)C(CO)c1ccc2cc(Cl)c(Cl)cc2c1. The molecule has 1 unspecified atom stereocenters. The van der Waals surface area contributed by atoms with Crippen LogP contribution < -0.4 is 0 Å². The number of rotatable bonds is 3. The second-order valence-electron chi connectivity index (χ2n) is 4.13. The van der Waals surface area contributed by atoms with Gasteiger partial charge in [0.15, 0.2) is 0 Å². The van der Waals surface area contributed by atoms with E-state index < -0.39 is 11.9 Å². The van der Waals surface area contributed by atoms with E-state index in [2.05, 4.69) is 4.74 Å². The summed E-state index contributed by atoms with van der Waals surface area (Å²) in [4.78, 5) is 11.6. The molecule has 3 nitrogen and oxygen atoms in total. The molecule has 0 spiro atoms. The standard InChI is InChI=1S/C14H12Cl2O3/c1-19-14(18)11(7-17)9-3-2-8-5-12(15)13(16)6-10(8)4-9/h2-6,11,17H,7H2,1H3. The van der Waals surface area contributed by atoms with Crippen molar-refractivity contribution in [3.8, 4) is 0 Å². The zero-order valence-electron chi connectivity index (χ0n) is 10.2. The molecule has 19 heavy (non-hydrogen) atoms. The highest BCUT2D eigenvalue weighted by atomic mass is 35.5. The number of carbonyl (C=O) groups is 1. The van der Waals surface area contributed by atoms with Gasteiger partial charge in [0.2, 0.25) is 0 Å². The summed E-state index contributed by atoms with van der Waals surface area (Å²) in [5.41, 5.74) is 0.681. The molecule has 0 saturated carbocycles. The van der Waals surface area contributed by atoms with Gasteiger partial charge in [0.1, 0.15) is 5.92 Å². The zero-order chi connectivity index (χ0) is 14.0. The van der Waals surface area contributed by atoms with Crippen LogP contribution in [0, 0.1) is 0 Å². The van der Waals surface area contributed by atoms with Gasteiger partial charge >= 0.3 is 5.97 Å². The molecule has 0 aliphatic rings. The van der Waals surface area contributed by atoms with Crippen LogP contribution in [0.15, 0.2) is 30.3 Å². The van der Waals surface area contributed by atoms with Crippen LogP contribution in [-0.4, -0.2) is 24.8 Å². The van der Waals surface area contributed by atoms with Crippen molar-refractivity contribution in [1.29, 1.82) is 0 Å². The number of ether oxygens (including phenoxy) is 1. The summed E-state index contributed by atoms with van der Waals surface area (Å²) in [7, 11) is 1.29. The summed E-state index contributed by atoms with van der Waals surface area (Å²) in [6, 6.07) is 8.89. The number of aliphatic hydroxyl groups is 1. The number of hydrogen-bond acceptors (Lipinski definition) is 3. The smallest absolute Gasteiger partial charge is 0.315 e. The Morgan fingerprint density at radius 1 is 1.21 bits per heavy atom. The third-order valence-electron chi connectivity index (χ3n) is 2.97. The summed E-state index contributed by atoms with van der Waals surface area (Å²) < 4.78 is 4.67. The van der Waals surface area contributed by atoms with Gasteiger partial charge in [0.25, 0.3) is 0 Å². The highest BCUT2D eigenvalue weighted by molar-refractivity contribution is 6.42. The number of halogens is 2. The first-order valence-corrected chi connectivity index (χ1v) is 6.39. The molecule has 0 aliphatic heterocycles. The number of esters is 1. The van der Waals surface area contributed by atoms with Crippen LogP contribution in [0.25, 0.3) is 10.8 Å². The molecule has 5 heteroatoms. The summed E-state index contributed by atoms with van der Waals surface area (Å²) in [6.45, 7) is -0.306. The van der Waals surface area contributed by atoms with Crippen LogP contribution in [0.2, 0.25) is 10.0 Å². The number of methoxy groups -OCH3 is 1. The van der Waals surface area contributed by atoms with Crippen LogP contribution >= 0.6 is 23.2 Å². The molecule has 0 radical (unpaired) electrons. The van der Waals surface area contributed by atoms with E-state index in [-0.39, 0.29) is 6.61 Å². The third-order valence-corrected chi connectivity index (χ3v) is 3.70. The molecule has 2 rings (SSSR count). The lowest BCUT2D eigenvalue weighted by Gasteiger charge is -2.13. The van der Waals surface area contributed by atoms with Gasteiger partial charge in [0.05, 0.1) is 23.8 Å². The van der Waals surface area contributed by atoms with E-state index in [0.29, 0.717) is 15.6 Å². The van der Waals surface area contributed by atoms with E-state index in [1.165, 1.54) is 7.11 Å². The largest absolute Gasteiger partial charge is 0.468 e. The van der Waals surface area contributed by atoms with Crippen molar-refractivity contribution in [1.82, 2.24) is 0 Å². The van der Waals surface area contributed by atoms with Crippen molar-refractivity contribution in [3.05, 3.63) is 45.9 Å². The predicted molar refractivity (Wildman–Crippen MR) is 75.8 cm³/mol. The van der Waals surface area contributed by atoms with Gasteiger partial charge < -0.3 is 9.84 Å². The minimum Gasteiger partial charge on any atom is -0.468 e. The van der Waals surface area contributed by atoms with Crippen LogP contribution in [0.4, 0.5) is 0 Å². The van der Waals surface area contributed by atoms with Crippen molar-refractivity contribution in [2.24, 2.45) is 0 Å². The Hall–Kier alpha value is -1.29. The summed E-state index contributed by atoms with van der Waals surface area (Å²) in [5, 5.41) is 12.0. The van der Waals surface area contributed by atoms with E-state index in [4.69, 9.17) is 23.2 Å². The Bertz CT molecular complexity index is 625. The molecule has 0 amide bonds. The minimum atomic E-state index is -0.691. The first-order valence-electron chi connectivity index (χ1n) is 5.64. The van der Waals surface area contributed by atoms with Gasteiger partial charge in [-0.2, -0.15) is 0 Å². The van der Waals surface area contributed by atoms with E-state index >= 15 is 0 Å². The average molecular weight is 299 g/mol. The van der Waals surface area contributed by atoms with E-state index in [9.17, 15) is 9.90 Å². The first kappa shape index (κ1) is 14.1. The lowest BCUT2D eigenvalue weighted by atomic mass is 9.97. The Labute approximate surface area is 120 Å². The van der Waals surface area contributed by atoms with Crippen LogP contribution in [0.1, 0.15) is 11.5 Å². The number of hydrogen-bond donors (Lipinski definition) is 1. The van der Waals surface area contributed by atoms with Crippen molar-refractivity contribution < 1.29 is 14.6 Å². The number of fused-ring (bicyclic) bond motifs is 1. The summed E-state index contributed by atoms with van der Waals surface area (Å²) in [6.07, 6.45) is 0. The fraction of sp³-hybridized carbons (Fsp3) is 0.214. The number of aliphatic hydroxyl groups excluding tert-OH is 1. The lowest BCUT2D eigenvalue weighted by molar-refractivity contribution is -0.143. The summed E-state index contributed by atoms with van der Waals surface area (Å²) >= 11 is 11.9.